The van der Waals surface area contributed by atoms with Crippen molar-refractivity contribution in [1.29, 1.82) is 0 Å². The minimum absolute atomic E-state index is 0.0157. The molecule has 0 saturated heterocycles. The number of ether oxygens (including phenoxy) is 1. The summed E-state index contributed by atoms with van der Waals surface area (Å²) < 4.78 is 40.3. The van der Waals surface area contributed by atoms with Gasteiger partial charge in [0, 0.05) is 4.11 Å². The molecule has 0 aromatic carbocycles. The highest BCUT2D eigenvalue weighted by atomic mass is 79.9. The normalized spacial score (nSPS) is 20.8. The first-order valence-corrected chi connectivity index (χ1v) is 3.64. The quantitative estimate of drug-likeness (QED) is 0.751. The molecule has 0 saturated carbocycles. The van der Waals surface area contributed by atoms with Gasteiger partial charge >= 0.3 is 0 Å². The van der Waals surface area contributed by atoms with Gasteiger partial charge in [0.15, 0.2) is 0 Å². The van der Waals surface area contributed by atoms with E-state index in [4.69, 9.17) is 6.85 Å². The van der Waals surface area contributed by atoms with Crippen LogP contribution in [0.25, 0.3) is 0 Å². The predicted octanol–water partition coefficient (Wildman–Crippen LogP) is 2.30. The van der Waals surface area contributed by atoms with E-state index in [0.29, 0.717) is 3.79 Å². The summed E-state index contributed by atoms with van der Waals surface area (Å²) in [6.45, 7) is -5.55. The molecule has 2 nitrogen and oxygen atoms in total. The summed E-state index contributed by atoms with van der Waals surface area (Å²) in [4.78, 5) is 3.67. The minimum atomic E-state index is -2.83. The van der Waals surface area contributed by atoms with Gasteiger partial charge in [-0.2, -0.15) is 0 Å². The van der Waals surface area contributed by atoms with Gasteiger partial charge in [-0.05, 0) is 22.8 Å². The number of hydrogen-bond donors (Lipinski definition) is 0. The van der Waals surface area contributed by atoms with Crippen molar-refractivity contribution < 1.29 is 11.6 Å². The van der Waals surface area contributed by atoms with Gasteiger partial charge in [0.05, 0.1) is 19.3 Å². The third kappa shape index (κ3) is 1.95. The first-order valence-electron chi connectivity index (χ1n) is 4.53. The van der Waals surface area contributed by atoms with E-state index >= 15 is 0 Å². The molecule has 0 radical (unpaired) electrons. The van der Waals surface area contributed by atoms with E-state index in [1.165, 1.54) is 6.20 Å². The second kappa shape index (κ2) is 3.17. The van der Waals surface area contributed by atoms with Gasteiger partial charge in [0.25, 0.3) is 5.19 Å². The third-order valence-electron chi connectivity index (χ3n) is 0.595. The molecule has 50 valence electrons. The van der Waals surface area contributed by atoms with Crippen LogP contribution in [-0.4, -0.2) is 11.5 Å². The van der Waals surface area contributed by atoms with Gasteiger partial charge in [-0.15, -0.1) is 0 Å². The molecule has 1 rings (SSSR count). The predicted molar refractivity (Wildman–Crippen MR) is 41.0 cm³/mol. The van der Waals surface area contributed by atoms with Gasteiger partial charge in [-0.1, -0.05) is 11.3 Å². The SMILES string of the molecule is [2H]C([2H])([2H])C([2H])([2H])Oc1ncc(Br)s1. The molecule has 0 aliphatic rings. The van der Waals surface area contributed by atoms with Crippen LogP contribution in [0.1, 0.15) is 13.7 Å². The van der Waals surface area contributed by atoms with Crippen LogP contribution in [0.15, 0.2) is 9.98 Å². The number of thiazole rings is 1. The third-order valence-corrected chi connectivity index (χ3v) is 1.95. The Morgan fingerprint density at radius 2 is 3.11 bits per heavy atom. The smallest absolute Gasteiger partial charge is 0.274 e. The molecule has 0 amide bonds. The molecule has 0 N–H and O–H groups in total. The van der Waals surface area contributed by atoms with Crippen molar-refractivity contribution in [3.05, 3.63) is 9.98 Å². The average Bonchev–Trinajstić information content (AvgIpc) is 2.31. The lowest BCUT2D eigenvalue weighted by Crippen LogP contribution is -1.88. The number of halogens is 1. The maximum Gasteiger partial charge on any atom is 0.274 e. The van der Waals surface area contributed by atoms with E-state index < -0.39 is 13.4 Å². The number of nitrogens with zero attached hydrogens (tertiary/aromatic N) is 1. The van der Waals surface area contributed by atoms with Gasteiger partial charge in [0.2, 0.25) is 0 Å². The summed E-state index contributed by atoms with van der Waals surface area (Å²) in [6, 6.07) is 0. The molecule has 0 atom stereocenters. The van der Waals surface area contributed by atoms with E-state index in [2.05, 4.69) is 25.7 Å². The first-order chi connectivity index (χ1) is 6.22. The lowest BCUT2D eigenvalue weighted by Gasteiger charge is -1.91. The molecular weight excluding hydrogens is 202 g/mol. The number of aromatic nitrogens is 1. The lowest BCUT2D eigenvalue weighted by atomic mass is 10.9. The van der Waals surface area contributed by atoms with Crippen molar-refractivity contribution in [2.24, 2.45) is 0 Å². The lowest BCUT2D eigenvalue weighted by molar-refractivity contribution is 0.338. The Labute approximate surface area is 73.0 Å². The Bertz CT molecular complexity index is 324. The number of rotatable bonds is 2. The van der Waals surface area contributed by atoms with Crippen LogP contribution in [0.2, 0.25) is 0 Å². The summed E-state index contributed by atoms with van der Waals surface area (Å²) in [7, 11) is 0. The Morgan fingerprint density at radius 3 is 3.67 bits per heavy atom. The van der Waals surface area contributed by atoms with Crippen molar-refractivity contribution >= 4 is 27.3 Å². The van der Waals surface area contributed by atoms with Crippen LogP contribution in [0.4, 0.5) is 0 Å². The highest BCUT2D eigenvalue weighted by Gasteiger charge is 1.96. The van der Waals surface area contributed by atoms with Gasteiger partial charge in [-0.25, -0.2) is 4.98 Å². The van der Waals surface area contributed by atoms with Crippen molar-refractivity contribution in [3.63, 3.8) is 0 Å². The molecule has 0 fully saturated rings. The first kappa shape index (κ1) is 2.88. The molecule has 4 heteroatoms. The molecule has 0 aliphatic carbocycles. The summed E-state index contributed by atoms with van der Waals surface area (Å²) >= 11 is 4.13. The standard InChI is InChI=1S/C5H6BrNOS/c1-2-8-5-7-3-4(6)9-5/h3H,2H2,1H3/i1D3,2D2. The van der Waals surface area contributed by atoms with Crippen molar-refractivity contribution in [3.8, 4) is 5.19 Å². The van der Waals surface area contributed by atoms with Crippen LogP contribution in [0.3, 0.4) is 0 Å². The fourth-order valence-corrected chi connectivity index (χ4v) is 1.31. The van der Waals surface area contributed by atoms with Crippen molar-refractivity contribution in [1.82, 2.24) is 4.98 Å². The molecule has 0 bridgehead atoms. The molecule has 0 aliphatic heterocycles. The van der Waals surface area contributed by atoms with Crippen LogP contribution >= 0.6 is 27.3 Å². The maximum absolute atomic E-state index is 7.16. The van der Waals surface area contributed by atoms with E-state index in [9.17, 15) is 0 Å². The van der Waals surface area contributed by atoms with Crippen LogP contribution in [-0.2, 0) is 0 Å². The second-order valence-corrected chi connectivity index (χ2v) is 3.51. The van der Waals surface area contributed by atoms with Gasteiger partial charge in [-0.3, -0.25) is 0 Å². The topological polar surface area (TPSA) is 22.1 Å². The molecule has 1 aromatic heterocycles. The monoisotopic (exact) mass is 212 g/mol. The molecule has 0 unspecified atom stereocenters. The highest BCUT2D eigenvalue weighted by Crippen LogP contribution is 2.24. The Kier molecular flexibility index (Phi) is 1.02. The largest absolute Gasteiger partial charge is 0.470 e. The van der Waals surface area contributed by atoms with Crippen molar-refractivity contribution in [2.45, 2.75) is 6.85 Å². The summed E-state index contributed by atoms with van der Waals surface area (Å²) in [5.41, 5.74) is 0. The van der Waals surface area contributed by atoms with Gasteiger partial charge < -0.3 is 4.74 Å². The fourth-order valence-electron chi connectivity index (χ4n) is 0.330. The van der Waals surface area contributed by atoms with Crippen LogP contribution < -0.4 is 4.74 Å². The van der Waals surface area contributed by atoms with Gasteiger partial charge in [0.1, 0.15) is 0 Å². The Balaban J connectivity index is 2.78. The molecule has 1 heterocycles. The zero-order valence-electron chi connectivity index (χ0n) is 9.22. The Morgan fingerprint density at radius 1 is 2.22 bits per heavy atom. The second-order valence-electron chi connectivity index (χ2n) is 1.13. The fraction of sp³-hybridized carbons (Fsp3) is 0.400. The summed E-state index contributed by atoms with van der Waals surface area (Å²) in [5, 5.41) is -0.0157. The van der Waals surface area contributed by atoms with E-state index in [-0.39, 0.29) is 5.19 Å². The maximum atomic E-state index is 7.16. The van der Waals surface area contributed by atoms with E-state index in [1.807, 2.05) is 0 Å². The van der Waals surface area contributed by atoms with Crippen LogP contribution in [0.5, 0.6) is 5.19 Å². The highest BCUT2D eigenvalue weighted by molar-refractivity contribution is 9.11. The minimum Gasteiger partial charge on any atom is -0.470 e. The molecule has 9 heavy (non-hydrogen) atoms. The zero-order valence-corrected chi connectivity index (χ0v) is 6.62. The van der Waals surface area contributed by atoms with E-state index in [0.717, 1.165) is 11.3 Å². The Hall–Kier alpha value is -0.0900. The number of hydrogen-bond acceptors (Lipinski definition) is 3. The molecule has 1 aromatic rings. The summed E-state index contributed by atoms with van der Waals surface area (Å²) in [5.74, 6) is 0. The molecular formula is C5H6BrNOS. The van der Waals surface area contributed by atoms with E-state index in [1.54, 1.807) is 0 Å². The molecule has 0 spiro atoms. The zero-order chi connectivity index (χ0) is 11.0. The van der Waals surface area contributed by atoms with Crippen LogP contribution in [0, 0.1) is 0 Å². The average molecular weight is 213 g/mol. The summed E-state index contributed by atoms with van der Waals surface area (Å²) in [6.07, 6.45) is 1.41. The van der Waals surface area contributed by atoms with Crippen molar-refractivity contribution in [2.75, 3.05) is 6.56 Å².